The number of anilines is 1. The molecular formula is C19H28BrN3O3. The summed E-state index contributed by atoms with van der Waals surface area (Å²) >= 11 is 3.38. The maximum Gasteiger partial charge on any atom is 0.410 e. The third kappa shape index (κ3) is 6.61. The molecule has 0 aliphatic carbocycles. The molecule has 1 aliphatic heterocycles. The van der Waals surface area contributed by atoms with Crippen LogP contribution in [-0.2, 0) is 9.53 Å². The van der Waals surface area contributed by atoms with Crippen LogP contribution < -0.4 is 5.32 Å². The van der Waals surface area contributed by atoms with E-state index < -0.39 is 5.60 Å². The Morgan fingerprint density at radius 3 is 2.35 bits per heavy atom. The molecule has 0 unspecified atom stereocenters. The zero-order valence-corrected chi connectivity index (χ0v) is 17.5. The van der Waals surface area contributed by atoms with Crippen LogP contribution in [0.1, 0.15) is 33.6 Å². The Hall–Kier alpha value is -1.60. The van der Waals surface area contributed by atoms with E-state index in [4.69, 9.17) is 4.74 Å². The molecule has 26 heavy (non-hydrogen) atoms. The molecular weight excluding hydrogens is 398 g/mol. The molecule has 7 heteroatoms. The molecule has 1 N–H and O–H groups in total. The largest absolute Gasteiger partial charge is 0.444 e. The first kappa shape index (κ1) is 20.7. The van der Waals surface area contributed by atoms with Crippen LogP contribution in [0.3, 0.4) is 0 Å². The summed E-state index contributed by atoms with van der Waals surface area (Å²) in [6, 6.07) is 7.67. The molecule has 6 nitrogen and oxygen atoms in total. The average Bonchev–Trinajstić information content (AvgIpc) is 2.55. The number of carbonyl (C=O) groups is 2. The van der Waals surface area contributed by atoms with Crippen molar-refractivity contribution in [1.82, 2.24) is 9.80 Å². The maximum atomic E-state index is 12.2. The van der Waals surface area contributed by atoms with Gasteiger partial charge in [-0.1, -0.05) is 15.9 Å². The van der Waals surface area contributed by atoms with E-state index in [1.54, 1.807) is 11.9 Å². The van der Waals surface area contributed by atoms with Crippen molar-refractivity contribution in [3.8, 4) is 0 Å². The van der Waals surface area contributed by atoms with Gasteiger partial charge in [-0.2, -0.15) is 0 Å². The highest BCUT2D eigenvalue weighted by molar-refractivity contribution is 9.10. The van der Waals surface area contributed by atoms with E-state index in [2.05, 4.69) is 26.1 Å². The second-order valence-electron chi connectivity index (χ2n) is 7.65. The molecule has 0 radical (unpaired) electrons. The van der Waals surface area contributed by atoms with Crippen LogP contribution >= 0.6 is 15.9 Å². The quantitative estimate of drug-likeness (QED) is 0.798. The van der Waals surface area contributed by atoms with Gasteiger partial charge >= 0.3 is 6.09 Å². The topological polar surface area (TPSA) is 61.9 Å². The smallest absolute Gasteiger partial charge is 0.410 e. The molecule has 0 saturated carbocycles. The van der Waals surface area contributed by atoms with Crippen LogP contribution in [-0.4, -0.2) is 60.1 Å². The standard InChI is InChI=1S/C19H28BrN3O3/c1-19(2,3)26-18(25)22(4)16-9-11-23(12-10-16)13-17(24)21-15-7-5-14(20)6-8-15/h5-8,16H,9-13H2,1-4H3,(H,21,24). The zero-order valence-electron chi connectivity index (χ0n) is 15.9. The lowest BCUT2D eigenvalue weighted by Crippen LogP contribution is -2.48. The molecule has 2 rings (SSSR count). The highest BCUT2D eigenvalue weighted by atomic mass is 79.9. The minimum Gasteiger partial charge on any atom is -0.444 e. The van der Waals surface area contributed by atoms with Crippen molar-refractivity contribution in [1.29, 1.82) is 0 Å². The molecule has 144 valence electrons. The summed E-state index contributed by atoms with van der Waals surface area (Å²) in [4.78, 5) is 28.2. The molecule has 0 bridgehead atoms. The first-order valence-electron chi connectivity index (χ1n) is 8.87. The Morgan fingerprint density at radius 2 is 1.81 bits per heavy atom. The van der Waals surface area contributed by atoms with E-state index in [0.29, 0.717) is 6.54 Å². The van der Waals surface area contributed by atoms with Gasteiger partial charge in [0.25, 0.3) is 0 Å². The first-order valence-corrected chi connectivity index (χ1v) is 9.67. The van der Waals surface area contributed by atoms with Crippen molar-refractivity contribution in [3.05, 3.63) is 28.7 Å². The van der Waals surface area contributed by atoms with E-state index >= 15 is 0 Å². The average molecular weight is 426 g/mol. The van der Waals surface area contributed by atoms with Gasteiger partial charge in [0, 0.05) is 36.3 Å². The van der Waals surface area contributed by atoms with E-state index in [1.807, 2.05) is 45.0 Å². The van der Waals surface area contributed by atoms with Crippen LogP contribution in [0.15, 0.2) is 28.7 Å². The second kappa shape index (κ2) is 8.86. The SMILES string of the molecule is CN(C(=O)OC(C)(C)C)C1CCN(CC(=O)Nc2ccc(Br)cc2)CC1. The molecule has 1 heterocycles. The lowest BCUT2D eigenvalue weighted by atomic mass is 10.0. The molecule has 1 fully saturated rings. The summed E-state index contributed by atoms with van der Waals surface area (Å²) in [5.41, 5.74) is 0.301. The van der Waals surface area contributed by atoms with E-state index in [1.165, 1.54) is 0 Å². The minimum atomic E-state index is -0.489. The minimum absolute atomic E-state index is 0.0220. The number of benzene rings is 1. The number of likely N-dealkylation sites (tertiary alicyclic amines) is 1. The van der Waals surface area contributed by atoms with Crippen molar-refractivity contribution in [2.24, 2.45) is 0 Å². The number of hydrogen-bond donors (Lipinski definition) is 1. The Balaban J connectivity index is 1.76. The van der Waals surface area contributed by atoms with Crippen LogP contribution in [0.4, 0.5) is 10.5 Å². The summed E-state index contributed by atoms with van der Waals surface area (Å²) in [6.07, 6.45) is 1.38. The van der Waals surface area contributed by atoms with E-state index in [0.717, 1.165) is 36.1 Å². The number of piperidine rings is 1. The van der Waals surface area contributed by atoms with Gasteiger partial charge < -0.3 is 15.0 Å². The number of nitrogens with zero attached hydrogens (tertiary/aromatic N) is 2. The van der Waals surface area contributed by atoms with Crippen molar-refractivity contribution in [2.75, 3.05) is 32.0 Å². The lowest BCUT2D eigenvalue weighted by molar-refractivity contribution is -0.117. The zero-order chi connectivity index (χ0) is 19.3. The summed E-state index contributed by atoms with van der Waals surface area (Å²) < 4.78 is 6.40. The number of carbonyl (C=O) groups excluding carboxylic acids is 2. The number of hydrogen-bond acceptors (Lipinski definition) is 4. The summed E-state index contributed by atoms with van der Waals surface area (Å²) in [6.45, 7) is 7.53. The first-order chi connectivity index (χ1) is 12.1. The van der Waals surface area contributed by atoms with Gasteiger partial charge in [0.15, 0.2) is 0 Å². The number of nitrogens with one attached hydrogen (secondary N) is 1. The van der Waals surface area contributed by atoms with Crippen molar-refractivity contribution in [2.45, 2.75) is 45.3 Å². The van der Waals surface area contributed by atoms with Crippen LogP contribution in [0.5, 0.6) is 0 Å². The van der Waals surface area contributed by atoms with Crippen LogP contribution in [0.25, 0.3) is 0 Å². The normalized spacial score (nSPS) is 16.2. The van der Waals surface area contributed by atoms with E-state index in [9.17, 15) is 9.59 Å². The molecule has 1 aromatic carbocycles. The fourth-order valence-electron chi connectivity index (χ4n) is 2.88. The van der Waals surface area contributed by atoms with Gasteiger partial charge in [-0.05, 0) is 57.9 Å². The summed E-state index contributed by atoms with van der Waals surface area (Å²) in [5.74, 6) is -0.0220. The highest BCUT2D eigenvalue weighted by Gasteiger charge is 2.29. The molecule has 1 saturated heterocycles. The maximum absolute atomic E-state index is 12.2. The molecule has 0 spiro atoms. The molecule has 0 aromatic heterocycles. The second-order valence-corrected chi connectivity index (χ2v) is 8.57. The Kier molecular flexibility index (Phi) is 7.06. The number of rotatable bonds is 4. The lowest BCUT2D eigenvalue weighted by Gasteiger charge is -2.37. The monoisotopic (exact) mass is 425 g/mol. The van der Waals surface area contributed by atoms with Gasteiger partial charge in [0.2, 0.25) is 5.91 Å². The van der Waals surface area contributed by atoms with Gasteiger partial charge in [0.05, 0.1) is 6.54 Å². The fourth-order valence-corrected chi connectivity index (χ4v) is 3.15. The van der Waals surface area contributed by atoms with Crippen LogP contribution in [0, 0.1) is 0 Å². The molecule has 1 aromatic rings. The number of ether oxygens (including phenoxy) is 1. The predicted molar refractivity (Wildman–Crippen MR) is 106 cm³/mol. The van der Waals surface area contributed by atoms with Gasteiger partial charge in [-0.15, -0.1) is 0 Å². The third-order valence-electron chi connectivity index (χ3n) is 4.28. The third-order valence-corrected chi connectivity index (χ3v) is 4.81. The summed E-state index contributed by atoms with van der Waals surface area (Å²) in [7, 11) is 1.79. The predicted octanol–water partition coefficient (Wildman–Crippen LogP) is 3.72. The highest BCUT2D eigenvalue weighted by Crippen LogP contribution is 2.19. The Morgan fingerprint density at radius 1 is 1.23 bits per heavy atom. The van der Waals surface area contributed by atoms with Gasteiger partial charge in [0.1, 0.15) is 5.60 Å². The fraction of sp³-hybridized carbons (Fsp3) is 0.579. The van der Waals surface area contributed by atoms with Crippen LogP contribution in [0.2, 0.25) is 0 Å². The summed E-state index contributed by atoms with van der Waals surface area (Å²) in [5, 5.41) is 2.91. The van der Waals surface area contributed by atoms with Crippen molar-refractivity contribution < 1.29 is 14.3 Å². The van der Waals surface area contributed by atoms with E-state index in [-0.39, 0.29) is 18.0 Å². The number of amides is 2. The van der Waals surface area contributed by atoms with Gasteiger partial charge in [-0.3, -0.25) is 9.69 Å². The Labute approximate surface area is 164 Å². The van der Waals surface area contributed by atoms with Crippen molar-refractivity contribution >= 4 is 33.6 Å². The van der Waals surface area contributed by atoms with Crippen molar-refractivity contribution in [3.63, 3.8) is 0 Å². The van der Waals surface area contributed by atoms with Gasteiger partial charge in [-0.25, -0.2) is 4.79 Å². The Bertz CT molecular complexity index is 620. The molecule has 1 aliphatic rings. The molecule has 2 amide bonds. The number of halogens is 1. The molecule has 0 atom stereocenters.